The summed E-state index contributed by atoms with van der Waals surface area (Å²) in [6.07, 6.45) is 3.57. The summed E-state index contributed by atoms with van der Waals surface area (Å²) in [5.41, 5.74) is 4.38. The topological polar surface area (TPSA) is 105 Å². The smallest absolute Gasteiger partial charge is 0.407 e. The Labute approximate surface area is 198 Å². The van der Waals surface area contributed by atoms with Crippen molar-refractivity contribution in [1.29, 1.82) is 0 Å². The molecule has 0 bridgehead atoms. The number of nitrogens with one attached hydrogen (secondary N) is 2. The Morgan fingerprint density at radius 3 is 2.24 bits per heavy atom. The number of benzene rings is 2. The van der Waals surface area contributed by atoms with Gasteiger partial charge in [-0.05, 0) is 47.1 Å². The van der Waals surface area contributed by atoms with Gasteiger partial charge in [0.25, 0.3) is 0 Å². The predicted octanol–water partition coefficient (Wildman–Crippen LogP) is 4.02. The number of hydrogen-bond acceptors (Lipinski definition) is 5. The molecule has 7 nitrogen and oxygen atoms in total. The fourth-order valence-electron chi connectivity index (χ4n) is 4.05. The van der Waals surface area contributed by atoms with E-state index in [2.05, 4.69) is 10.6 Å². The highest BCUT2D eigenvalue weighted by Crippen LogP contribution is 2.44. The zero-order valence-corrected chi connectivity index (χ0v) is 19.5. The average Bonchev–Trinajstić information content (AvgIpc) is 3.13. The number of fused-ring (bicyclic) bond motifs is 3. The van der Waals surface area contributed by atoms with Gasteiger partial charge in [0.05, 0.1) is 6.42 Å². The van der Waals surface area contributed by atoms with Crippen molar-refractivity contribution in [3.63, 3.8) is 0 Å². The molecular formula is C25H30N2O5S. The Balaban J connectivity index is 1.55. The molecule has 1 unspecified atom stereocenters. The molecule has 1 aliphatic rings. The van der Waals surface area contributed by atoms with Crippen LogP contribution in [0.15, 0.2) is 48.5 Å². The number of alkyl carbamates (subject to hydrolysis) is 1. The maximum absolute atomic E-state index is 12.5. The first-order valence-corrected chi connectivity index (χ1v) is 12.5. The molecule has 3 N–H and O–H groups in total. The fourth-order valence-corrected chi connectivity index (χ4v) is 4.54. The van der Waals surface area contributed by atoms with Crippen molar-refractivity contribution in [3.05, 3.63) is 59.7 Å². The van der Waals surface area contributed by atoms with E-state index in [4.69, 9.17) is 9.84 Å². The van der Waals surface area contributed by atoms with E-state index in [9.17, 15) is 14.4 Å². The summed E-state index contributed by atoms with van der Waals surface area (Å²) >= 11 is 1.78. The lowest BCUT2D eigenvalue weighted by molar-refractivity contribution is -0.139. The van der Waals surface area contributed by atoms with Crippen LogP contribution in [0.1, 0.15) is 42.7 Å². The first kappa shape index (κ1) is 24.6. The van der Waals surface area contributed by atoms with Gasteiger partial charge in [-0.25, -0.2) is 4.79 Å². The average molecular weight is 471 g/mol. The Morgan fingerprint density at radius 2 is 1.64 bits per heavy atom. The number of unbranched alkanes of at least 4 members (excludes halogenated alkanes) is 2. The standard InChI is InChI=1S/C25H30N2O5S/c1-33-14-8-2-7-13-26-24(30)22(15-23(28)29)27-25(31)32-16-21-19-11-5-3-9-17(19)18-10-4-6-12-20(18)21/h3-6,9-12,21-22H,2,7-8,13-16H2,1H3,(H,26,30)(H,27,31)(H,28,29). The van der Waals surface area contributed by atoms with Gasteiger partial charge in [0.2, 0.25) is 5.91 Å². The second-order valence-corrected chi connectivity index (χ2v) is 8.95. The number of ether oxygens (including phenoxy) is 1. The molecule has 0 aliphatic heterocycles. The van der Waals surface area contributed by atoms with Gasteiger partial charge in [0.1, 0.15) is 12.6 Å². The molecule has 1 atom stereocenters. The number of carbonyl (C=O) groups excluding carboxylic acids is 2. The van der Waals surface area contributed by atoms with Crippen LogP contribution >= 0.6 is 11.8 Å². The largest absolute Gasteiger partial charge is 0.481 e. The molecule has 33 heavy (non-hydrogen) atoms. The van der Waals surface area contributed by atoms with Crippen molar-refractivity contribution in [2.75, 3.05) is 25.2 Å². The van der Waals surface area contributed by atoms with Crippen LogP contribution in [0.25, 0.3) is 11.1 Å². The van der Waals surface area contributed by atoms with Gasteiger partial charge in [-0.15, -0.1) is 0 Å². The molecule has 0 saturated carbocycles. The third-order valence-electron chi connectivity index (χ3n) is 5.66. The molecule has 2 aromatic carbocycles. The van der Waals surface area contributed by atoms with E-state index in [0.29, 0.717) is 6.54 Å². The zero-order valence-electron chi connectivity index (χ0n) is 18.7. The molecule has 3 rings (SSSR count). The molecule has 0 aromatic heterocycles. The van der Waals surface area contributed by atoms with E-state index < -0.39 is 30.4 Å². The molecule has 176 valence electrons. The van der Waals surface area contributed by atoms with E-state index >= 15 is 0 Å². The van der Waals surface area contributed by atoms with Crippen molar-refractivity contribution in [2.45, 2.75) is 37.6 Å². The van der Waals surface area contributed by atoms with Crippen LogP contribution in [0.5, 0.6) is 0 Å². The number of hydrogen-bond donors (Lipinski definition) is 3. The SMILES string of the molecule is CSCCCCCNC(=O)C(CC(=O)O)NC(=O)OCC1c2ccccc2-c2ccccc21. The highest BCUT2D eigenvalue weighted by Gasteiger charge is 2.30. The molecule has 0 fully saturated rings. The summed E-state index contributed by atoms with van der Waals surface area (Å²) < 4.78 is 5.45. The van der Waals surface area contributed by atoms with Crippen molar-refractivity contribution in [3.8, 4) is 11.1 Å². The molecule has 0 heterocycles. The summed E-state index contributed by atoms with van der Waals surface area (Å²) in [6, 6.07) is 14.8. The normalized spacial score (nSPS) is 13.0. The van der Waals surface area contributed by atoms with E-state index in [1.807, 2.05) is 54.8 Å². The van der Waals surface area contributed by atoms with Gasteiger partial charge >= 0.3 is 12.1 Å². The molecule has 0 saturated heterocycles. The number of amides is 2. The second kappa shape index (κ2) is 12.3. The van der Waals surface area contributed by atoms with Gasteiger partial charge in [-0.3, -0.25) is 9.59 Å². The molecule has 0 spiro atoms. The first-order chi connectivity index (χ1) is 16.0. The number of carbonyl (C=O) groups is 3. The third kappa shape index (κ3) is 6.74. The monoisotopic (exact) mass is 470 g/mol. The summed E-state index contributed by atoms with van der Waals surface area (Å²) in [4.78, 5) is 36.1. The van der Waals surface area contributed by atoms with Crippen molar-refractivity contribution >= 4 is 29.7 Å². The van der Waals surface area contributed by atoms with Crippen LogP contribution in [0.2, 0.25) is 0 Å². The molecule has 1 aliphatic carbocycles. The summed E-state index contributed by atoms with van der Waals surface area (Å²) in [5, 5.41) is 14.3. The maximum Gasteiger partial charge on any atom is 0.407 e. The summed E-state index contributed by atoms with van der Waals surface area (Å²) in [7, 11) is 0. The Kier molecular flexibility index (Phi) is 9.18. The quantitative estimate of drug-likeness (QED) is 0.405. The lowest BCUT2D eigenvalue weighted by atomic mass is 9.98. The van der Waals surface area contributed by atoms with Crippen LogP contribution in [-0.2, 0) is 14.3 Å². The van der Waals surface area contributed by atoms with E-state index in [0.717, 1.165) is 47.3 Å². The van der Waals surface area contributed by atoms with Crippen LogP contribution < -0.4 is 10.6 Å². The lowest BCUT2D eigenvalue weighted by Crippen LogP contribution is -2.48. The van der Waals surface area contributed by atoms with Crippen LogP contribution in [0.4, 0.5) is 4.79 Å². The second-order valence-electron chi connectivity index (χ2n) is 7.96. The predicted molar refractivity (Wildman–Crippen MR) is 129 cm³/mol. The van der Waals surface area contributed by atoms with Gasteiger partial charge < -0.3 is 20.5 Å². The minimum Gasteiger partial charge on any atom is -0.481 e. The lowest BCUT2D eigenvalue weighted by Gasteiger charge is -2.18. The van der Waals surface area contributed by atoms with Gasteiger partial charge in [0.15, 0.2) is 0 Å². The van der Waals surface area contributed by atoms with E-state index in [1.54, 1.807) is 11.8 Å². The number of thioether (sulfide) groups is 1. The van der Waals surface area contributed by atoms with Gasteiger partial charge in [0, 0.05) is 12.5 Å². The van der Waals surface area contributed by atoms with E-state index in [1.165, 1.54) is 0 Å². The molecule has 8 heteroatoms. The van der Waals surface area contributed by atoms with Crippen molar-refractivity contribution < 1.29 is 24.2 Å². The van der Waals surface area contributed by atoms with Crippen LogP contribution in [0.3, 0.4) is 0 Å². The minimum atomic E-state index is -1.19. The zero-order chi connectivity index (χ0) is 23.6. The molecule has 2 aromatic rings. The Bertz CT molecular complexity index is 935. The first-order valence-electron chi connectivity index (χ1n) is 11.1. The van der Waals surface area contributed by atoms with Crippen molar-refractivity contribution in [2.24, 2.45) is 0 Å². The number of aliphatic carboxylic acids is 1. The molecular weight excluding hydrogens is 440 g/mol. The van der Waals surface area contributed by atoms with Gasteiger partial charge in [-0.2, -0.15) is 11.8 Å². The Hall–Kier alpha value is -3.00. The molecule has 2 amide bonds. The highest BCUT2D eigenvalue weighted by atomic mass is 32.2. The fraction of sp³-hybridized carbons (Fsp3) is 0.400. The van der Waals surface area contributed by atoms with E-state index in [-0.39, 0.29) is 12.5 Å². The summed E-state index contributed by atoms with van der Waals surface area (Å²) in [5.74, 6) is -0.736. The van der Waals surface area contributed by atoms with Gasteiger partial charge in [-0.1, -0.05) is 55.0 Å². The highest BCUT2D eigenvalue weighted by molar-refractivity contribution is 7.98. The minimum absolute atomic E-state index is 0.0940. The Morgan fingerprint density at radius 1 is 1.00 bits per heavy atom. The summed E-state index contributed by atoms with van der Waals surface area (Å²) in [6.45, 7) is 0.534. The number of carboxylic acids is 1. The third-order valence-corrected chi connectivity index (χ3v) is 6.35. The maximum atomic E-state index is 12.5. The van der Waals surface area contributed by atoms with Crippen LogP contribution in [-0.4, -0.2) is 54.3 Å². The van der Waals surface area contributed by atoms with Crippen molar-refractivity contribution in [1.82, 2.24) is 10.6 Å². The number of carboxylic acid groups (broad SMARTS) is 1. The number of rotatable bonds is 12. The van der Waals surface area contributed by atoms with Crippen LogP contribution in [0, 0.1) is 0 Å². The molecule has 0 radical (unpaired) electrons.